The van der Waals surface area contributed by atoms with Gasteiger partial charge in [-0.1, -0.05) is 31.4 Å². The average molecular weight is 330 g/mol. The van der Waals surface area contributed by atoms with Gasteiger partial charge in [0.1, 0.15) is 17.1 Å². The molecule has 0 amide bonds. The number of aryl methyl sites for hydroxylation is 1. The first-order valence-electron chi connectivity index (χ1n) is 8.90. The lowest BCUT2D eigenvalue weighted by molar-refractivity contribution is 0.0759. The van der Waals surface area contributed by atoms with Gasteiger partial charge < -0.3 is 14.9 Å². The lowest BCUT2D eigenvalue weighted by Crippen LogP contribution is -2.35. The van der Waals surface area contributed by atoms with Crippen LogP contribution in [-0.4, -0.2) is 21.9 Å². The zero-order valence-corrected chi connectivity index (χ0v) is 15.3. The summed E-state index contributed by atoms with van der Waals surface area (Å²) >= 11 is 0. The van der Waals surface area contributed by atoms with Crippen molar-refractivity contribution in [3.05, 3.63) is 41.0 Å². The number of allylic oxidation sites excluding steroid dienone is 1. The Kier molecular flexibility index (Phi) is 6.11. The standard InChI is InChI=1S/C21H30O3/c1-5-6-7-8-16-12-19(23)18-9-10-21(4,24-20(18)13-16)14-17(22)11-15(2)3/h9-13,17,22-23H,5-8,14H2,1-4H3. The number of phenols is 1. The van der Waals surface area contributed by atoms with Crippen molar-refractivity contribution in [2.75, 3.05) is 0 Å². The molecule has 1 heterocycles. The molecule has 2 unspecified atom stereocenters. The highest BCUT2D eigenvalue weighted by atomic mass is 16.5. The van der Waals surface area contributed by atoms with Gasteiger partial charge in [-0.15, -0.1) is 0 Å². The predicted molar refractivity (Wildman–Crippen MR) is 99.5 cm³/mol. The van der Waals surface area contributed by atoms with Gasteiger partial charge in [0.15, 0.2) is 0 Å². The number of ether oxygens (including phenoxy) is 1. The van der Waals surface area contributed by atoms with Crippen LogP contribution < -0.4 is 4.74 Å². The van der Waals surface area contributed by atoms with Gasteiger partial charge in [-0.3, -0.25) is 0 Å². The van der Waals surface area contributed by atoms with Crippen molar-refractivity contribution in [3.63, 3.8) is 0 Å². The zero-order valence-electron chi connectivity index (χ0n) is 15.3. The molecule has 0 spiro atoms. The topological polar surface area (TPSA) is 49.7 Å². The van der Waals surface area contributed by atoms with Gasteiger partial charge in [0, 0.05) is 6.42 Å². The van der Waals surface area contributed by atoms with Crippen molar-refractivity contribution in [3.8, 4) is 11.5 Å². The third kappa shape index (κ3) is 4.88. The summed E-state index contributed by atoms with van der Waals surface area (Å²) in [5.74, 6) is 0.970. The molecule has 0 bridgehead atoms. The molecule has 0 aliphatic carbocycles. The first kappa shape index (κ1) is 18.6. The van der Waals surface area contributed by atoms with Gasteiger partial charge in [0.25, 0.3) is 0 Å². The molecule has 1 aliphatic rings. The van der Waals surface area contributed by atoms with Crippen LogP contribution in [0, 0.1) is 0 Å². The number of phenolic OH excluding ortho intramolecular Hbond substituents is 1. The summed E-state index contributed by atoms with van der Waals surface area (Å²) in [6, 6.07) is 3.86. The van der Waals surface area contributed by atoms with Crippen LogP contribution in [0.2, 0.25) is 0 Å². The normalized spacial score (nSPS) is 20.2. The van der Waals surface area contributed by atoms with Crippen LogP contribution in [0.25, 0.3) is 6.08 Å². The zero-order chi connectivity index (χ0) is 17.7. The maximum Gasteiger partial charge on any atom is 0.131 e. The van der Waals surface area contributed by atoms with Crippen LogP contribution in [0.15, 0.2) is 29.9 Å². The van der Waals surface area contributed by atoms with Gasteiger partial charge in [-0.2, -0.15) is 0 Å². The van der Waals surface area contributed by atoms with E-state index >= 15 is 0 Å². The Labute approximate surface area is 145 Å². The van der Waals surface area contributed by atoms with Crippen LogP contribution in [-0.2, 0) is 6.42 Å². The van der Waals surface area contributed by atoms with Gasteiger partial charge in [-0.25, -0.2) is 0 Å². The number of hydrogen-bond donors (Lipinski definition) is 2. The van der Waals surface area contributed by atoms with E-state index in [0.29, 0.717) is 12.2 Å². The first-order valence-corrected chi connectivity index (χ1v) is 8.90. The summed E-state index contributed by atoms with van der Waals surface area (Å²) in [4.78, 5) is 0. The number of aliphatic hydroxyl groups is 1. The summed E-state index contributed by atoms with van der Waals surface area (Å²) in [5.41, 5.74) is 2.33. The largest absolute Gasteiger partial charge is 0.507 e. The fourth-order valence-electron chi connectivity index (χ4n) is 3.16. The number of hydrogen-bond acceptors (Lipinski definition) is 3. The van der Waals surface area contributed by atoms with E-state index in [1.54, 1.807) is 0 Å². The maximum atomic E-state index is 10.3. The van der Waals surface area contributed by atoms with E-state index in [9.17, 15) is 10.2 Å². The molecule has 24 heavy (non-hydrogen) atoms. The van der Waals surface area contributed by atoms with E-state index in [-0.39, 0.29) is 5.75 Å². The van der Waals surface area contributed by atoms with Crippen molar-refractivity contribution in [1.29, 1.82) is 0 Å². The van der Waals surface area contributed by atoms with Gasteiger partial charge >= 0.3 is 0 Å². The Morgan fingerprint density at radius 3 is 2.71 bits per heavy atom. The molecule has 0 saturated heterocycles. The minimum absolute atomic E-state index is 0.266. The van der Waals surface area contributed by atoms with E-state index in [1.165, 1.54) is 12.8 Å². The van der Waals surface area contributed by atoms with Crippen LogP contribution in [0.3, 0.4) is 0 Å². The Balaban J connectivity index is 2.17. The number of unbranched alkanes of at least 4 members (excludes halogenated alkanes) is 2. The van der Waals surface area contributed by atoms with Gasteiger partial charge in [-0.05, 0) is 63.5 Å². The minimum atomic E-state index is -0.577. The fourth-order valence-corrected chi connectivity index (χ4v) is 3.16. The molecule has 0 radical (unpaired) electrons. The van der Waals surface area contributed by atoms with E-state index in [2.05, 4.69) is 6.92 Å². The highest BCUT2D eigenvalue weighted by molar-refractivity contribution is 5.67. The van der Waals surface area contributed by atoms with Crippen molar-refractivity contribution < 1.29 is 14.9 Å². The van der Waals surface area contributed by atoms with Crippen molar-refractivity contribution in [2.24, 2.45) is 0 Å². The molecule has 2 N–H and O–H groups in total. The van der Waals surface area contributed by atoms with Crippen LogP contribution in [0.5, 0.6) is 11.5 Å². The minimum Gasteiger partial charge on any atom is -0.507 e. The molecule has 2 atom stereocenters. The lowest BCUT2D eigenvalue weighted by atomic mass is 9.92. The molecule has 132 valence electrons. The summed E-state index contributed by atoms with van der Waals surface area (Å²) in [6.07, 6.45) is 10.0. The van der Waals surface area contributed by atoms with Crippen molar-refractivity contribution in [2.45, 2.75) is 71.5 Å². The predicted octanol–water partition coefficient (Wildman–Crippen LogP) is 5.01. The Bertz CT molecular complexity index is 626. The second-order valence-corrected chi connectivity index (χ2v) is 7.25. The average Bonchev–Trinajstić information content (AvgIpc) is 2.45. The fraction of sp³-hybridized carbons (Fsp3) is 0.524. The first-order chi connectivity index (χ1) is 11.3. The summed E-state index contributed by atoms with van der Waals surface area (Å²) in [6.45, 7) is 8.09. The Morgan fingerprint density at radius 1 is 1.29 bits per heavy atom. The molecule has 0 aromatic heterocycles. The number of benzene rings is 1. The van der Waals surface area contributed by atoms with Crippen molar-refractivity contribution in [1.82, 2.24) is 0 Å². The number of aliphatic hydroxyl groups excluding tert-OH is 1. The van der Waals surface area contributed by atoms with E-state index in [0.717, 1.165) is 29.5 Å². The number of fused-ring (bicyclic) bond motifs is 1. The second kappa shape index (κ2) is 7.89. The van der Waals surface area contributed by atoms with E-state index in [1.807, 2.05) is 51.1 Å². The van der Waals surface area contributed by atoms with E-state index in [4.69, 9.17) is 4.74 Å². The van der Waals surface area contributed by atoms with Gasteiger partial charge in [0.2, 0.25) is 0 Å². The number of rotatable bonds is 7. The summed E-state index contributed by atoms with van der Waals surface area (Å²) < 4.78 is 6.16. The number of aromatic hydroxyl groups is 1. The summed E-state index contributed by atoms with van der Waals surface area (Å²) in [7, 11) is 0. The molecule has 1 aliphatic heterocycles. The molecule has 0 fully saturated rings. The monoisotopic (exact) mass is 330 g/mol. The molecule has 2 rings (SSSR count). The molecule has 1 aromatic carbocycles. The molecule has 0 saturated carbocycles. The molecule has 3 nitrogen and oxygen atoms in total. The van der Waals surface area contributed by atoms with Gasteiger partial charge in [0.05, 0.1) is 11.7 Å². The van der Waals surface area contributed by atoms with E-state index < -0.39 is 11.7 Å². The SMILES string of the molecule is CCCCCc1cc(O)c2c(c1)OC(C)(CC(O)C=C(C)C)C=C2. The smallest absolute Gasteiger partial charge is 0.131 e. The highest BCUT2D eigenvalue weighted by Gasteiger charge is 2.30. The third-order valence-electron chi connectivity index (χ3n) is 4.33. The highest BCUT2D eigenvalue weighted by Crippen LogP contribution is 2.39. The lowest BCUT2D eigenvalue weighted by Gasteiger charge is -2.33. The Hall–Kier alpha value is -1.74. The van der Waals surface area contributed by atoms with Crippen LogP contribution >= 0.6 is 0 Å². The quantitative estimate of drug-likeness (QED) is 0.546. The molecular formula is C21H30O3. The second-order valence-electron chi connectivity index (χ2n) is 7.25. The van der Waals surface area contributed by atoms with Crippen LogP contribution in [0.1, 0.15) is 64.5 Å². The molecular weight excluding hydrogens is 300 g/mol. The molecule has 1 aromatic rings. The van der Waals surface area contributed by atoms with Crippen molar-refractivity contribution >= 4 is 6.08 Å². The summed E-state index contributed by atoms with van der Waals surface area (Å²) in [5, 5.41) is 20.5. The molecule has 3 heteroatoms. The van der Waals surface area contributed by atoms with Crippen LogP contribution in [0.4, 0.5) is 0 Å². The Morgan fingerprint density at radius 2 is 2.04 bits per heavy atom. The maximum absolute atomic E-state index is 10.3. The third-order valence-corrected chi connectivity index (χ3v) is 4.33.